The maximum Gasteiger partial charge on any atom is 0.238 e. The summed E-state index contributed by atoms with van der Waals surface area (Å²) in [5.74, 6) is -1.20. The standard InChI is InChI=1S/C23H17Cl2NO2/c1-12(13-6-3-2-4-7-13)18-14-10-11-15(18)20-19(14)22(27)26(23(20)28)17-9-5-8-16(24)21(17)25/h2-11,14-15,19-20H,1H3/t14-,15-,19-,20-/m1/s1. The van der Waals surface area contributed by atoms with Gasteiger partial charge in [0.2, 0.25) is 11.8 Å². The molecule has 5 heteroatoms. The molecule has 0 spiro atoms. The molecule has 2 aliphatic carbocycles. The minimum absolute atomic E-state index is 0.0467. The zero-order chi connectivity index (χ0) is 19.6. The van der Waals surface area contributed by atoms with E-state index >= 15 is 0 Å². The molecular weight excluding hydrogens is 393 g/mol. The van der Waals surface area contributed by atoms with Crippen LogP contribution in [0.1, 0.15) is 12.5 Å². The fourth-order valence-electron chi connectivity index (χ4n) is 5.02. The second-order valence-electron chi connectivity index (χ2n) is 7.52. The Morgan fingerprint density at radius 1 is 0.857 bits per heavy atom. The molecule has 3 aliphatic rings. The average molecular weight is 410 g/mol. The third-order valence-electron chi connectivity index (χ3n) is 6.23. The third kappa shape index (κ3) is 2.30. The number of fused-ring (bicyclic) bond motifs is 5. The van der Waals surface area contributed by atoms with E-state index in [0.717, 1.165) is 11.1 Å². The van der Waals surface area contributed by atoms with E-state index < -0.39 is 0 Å². The van der Waals surface area contributed by atoms with E-state index in [-0.39, 0.29) is 40.5 Å². The minimum Gasteiger partial charge on any atom is -0.274 e. The Kier molecular flexibility index (Phi) is 4.01. The van der Waals surface area contributed by atoms with Gasteiger partial charge in [-0.05, 0) is 30.2 Å². The van der Waals surface area contributed by atoms with Crippen molar-refractivity contribution in [1.29, 1.82) is 0 Å². The molecule has 2 amide bonds. The minimum atomic E-state index is -0.369. The topological polar surface area (TPSA) is 37.4 Å². The fourth-order valence-corrected chi connectivity index (χ4v) is 5.40. The molecule has 1 aliphatic heterocycles. The molecule has 2 bridgehead atoms. The number of nitrogens with zero attached hydrogens (tertiary/aromatic N) is 1. The summed E-state index contributed by atoms with van der Waals surface area (Å²) in [5, 5.41) is 0.570. The number of allylic oxidation sites excluding steroid dienone is 4. The summed E-state index contributed by atoms with van der Waals surface area (Å²) >= 11 is 12.4. The monoisotopic (exact) mass is 409 g/mol. The Bertz CT molecular complexity index is 1040. The molecule has 2 aromatic carbocycles. The first kappa shape index (κ1) is 17.7. The van der Waals surface area contributed by atoms with Gasteiger partial charge in [-0.1, -0.05) is 77.3 Å². The lowest BCUT2D eigenvalue weighted by molar-refractivity contribution is -0.122. The van der Waals surface area contributed by atoms with Crippen LogP contribution < -0.4 is 4.90 Å². The molecule has 0 N–H and O–H groups in total. The van der Waals surface area contributed by atoms with Crippen molar-refractivity contribution >= 4 is 46.3 Å². The molecule has 0 radical (unpaired) electrons. The van der Waals surface area contributed by atoms with E-state index in [4.69, 9.17) is 23.2 Å². The summed E-state index contributed by atoms with van der Waals surface area (Å²) in [6, 6.07) is 15.1. The molecule has 5 rings (SSSR count). The van der Waals surface area contributed by atoms with Crippen molar-refractivity contribution in [3.63, 3.8) is 0 Å². The molecule has 140 valence electrons. The van der Waals surface area contributed by atoms with Crippen molar-refractivity contribution in [2.75, 3.05) is 4.90 Å². The molecular formula is C23H17Cl2NO2. The van der Waals surface area contributed by atoms with Gasteiger partial charge in [-0.3, -0.25) is 9.59 Å². The number of carbonyl (C=O) groups excluding carboxylic acids is 2. The van der Waals surface area contributed by atoms with Crippen molar-refractivity contribution < 1.29 is 9.59 Å². The van der Waals surface area contributed by atoms with Crippen LogP contribution in [-0.2, 0) is 9.59 Å². The number of benzene rings is 2. The summed E-state index contributed by atoms with van der Waals surface area (Å²) < 4.78 is 0. The van der Waals surface area contributed by atoms with Crippen LogP contribution >= 0.6 is 23.2 Å². The van der Waals surface area contributed by atoms with Gasteiger partial charge in [-0.25, -0.2) is 4.90 Å². The highest BCUT2D eigenvalue weighted by Crippen LogP contribution is 2.58. The summed E-state index contributed by atoms with van der Waals surface area (Å²) in [6.07, 6.45) is 4.17. The normalized spacial score (nSPS) is 27.7. The number of imide groups is 1. The van der Waals surface area contributed by atoms with Gasteiger partial charge in [0.15, 0.2) is 0 Å². The van der Waals surface area contributed by atoms with E-state index in [1.807, 2.05) is 18.2 Å². The number of rotatable bonds is 2. The Morgan fingerprint density at radius 2 is 1.46 bits per heavy atom. The maximum atomic E-state index is 13.3. The molecule has 4 atom stereocenters. The lowest BCUT2D eigenvalue weighted by Crippen LogP contribution is -2.33. The van der Waals surface area contributed by atoms with Gasteiger partial charge in [0.1, 0.15) is 0 Å². The van der Waals surface area contributed by atoms with Gasteiger partial charge >= 0.3 is 0 Å². The molecule has 1 saturated carbocycles. The second-order valence-corrected chi connectivity index (χ2v) is 8.30. The largest absolute Gasteiger partial charge is 0.274 e. The average Bonchev–Trinajstić information content (AvgIpc) is 3.34. The number of carbonyl (C=O) groups is 2. The van der Waals surface area contributed by atoms with Crippen molar-refractivity contribution in [3.8, 4) is 0 Å². The summed E-state index contributed by atoms with van der Waals surface area (Å²) in [7, 11) is 0. The van der Waals surface area contributed by atoms with Gasteiger partial charge in [0.05, 0.1) is 27.6 Å². The van der Waals surface area contributed by atoms with E-state index in [1.165, 1.54) is 10.5 Å². The number of anilines is 1. The highest BCUT2D eigenvalue weighted by atomic mass is 35.5. The molecule has 1 heterocycles. The van der Waals surface area contributed by atoms with E-state index in [2.05, 4.69) is 31.2 Å². The zero-order valence-corrected chi connectivity index (χ0v) is 16.6. The Hall–Kier alpha value is -2.36. The van der Waals surface area contributed by atoms with Crippen LogP contribution in [0.3, 0.4) is 0 Å². The van der Waals surface area contributed by atoms with Gasteiger partial charge in [-0.2, -0.15) is 0 Å². The van der Waals surface area contributed by atoms with Crippen LogP contribution in [0.15, 0.2) is 66.3 Å². The SMILES string of the molecule is CC(=C1[C@H]2C=C[C@H]1[C@H]1C(=O)N(c3cccc(Cl)c3Cl)C(=O)[C@@H]12)c1ccccc1. The van der Waals surface area contributed by atoms with Crippen molar-refractivity contribution in [1.82, 2.24) is 0 Å². The van der Waals surface area contributed by atoms with Crippen molar-refractivity contribution in [3.05, 3.63) is 81.9 Å². The third-order valence-corrected chi connectivity index (χ3v) is 7.04. The molecule has 0 unspecified atom stereocenters. The quantitative estimate of drug-likeness (QED) is 0.492. The predicted octanol–water partition coefficient (Wildman–Crippen LogP) is 5.39. The number of halogens is 2. The molecule has 0 aromatic heterocycles. The zero-order valence-electron chi connectivity index (χ0n) is 15.1. The Labute approximate surface area is 173 Å². The lowest BCUT2D eigenvalue weighted by Gasteiger charge is -2.21. The summed E-state index contributed by atoms with van der Waals surface area (Å²) in [4.78, 5) is 27.8. The number of hydrogen-bond acceptors (Lipinski definition) is 2. The van der Waals surface area contributed by atoms with E-state index in [0.29, 0.717) is 10.7 Å². The smallest absolute Gasteiger partial charge is 0.238 e. The van der Waals surface area contributed by atoms with Crippen molar-refractivity contribution in [2.45, 2.75) is 6.92 Å². The second kappa shape index (κ2) is 6.33. The lowest BCUT2D eigenvalue weighted by atomic mass is 9.85. The number of amides is 2. The first-order chi connectivity index (χ1) is 13.5. The first-order valence-electron chi connectivity index (χ1n) is 9.27. The van der Waals surface area contributed by atoms with Crippen molar-refractivity contribution in [2.24, 2.45) is 23.7 Å². The Morgan fingerprint density at radius 3 is 2.07 bits per heavy atom. The Balaban J connectivity index is 1.57. The number of hydrogen-bond donors (Lipinski definition) is 0. The summed E-state index contributed by atoms with van der Waals surface area (Å²) in [5.41, 5.74) is 3.86. The van der Waals surface area contributed by atoms with E-state index in [1.54, 1.807) is 18.2 Å². The van der Waals surface area contributed by atoms with Gasteiger partial charge < -0.3 is 0 Å². The first-order valence-corrected chi connectivity index (χ1v) is 10.0. The molecule has 28 heavy (non-hydrogen) atoms. The van der Waals surface area contributed by atoms with Gasteiger partial charge in [-0.15, -0.1) is 0 Å². The van der Waals surface area contributed by atoms with E-state index in [9.17, 15) is 9.59 Å². The molecule has 1 saturated heterocycles. The van der Waals surface area contributed by atoms with Gasteiger partial charge in [0.25, 0.3) is 0 Å². The highest BCUT2D eigenvalue weighted by Gasteiger charge is 2.62. The van der Waals surface area contributed by atoms with Gasteiger partial charge in [0, 0.05) is 11.8 Å². The molecule has 2 fully saturated rings. The molecule has 3 nitrogen and oxygen atoms in total. The maximum absolute atomic E-state index is 13.3. The van der Waals surface area contributed by atoms with Crippen LogP contribution in [-0.4, -0.2) is 11.8 Å². The van der Waals surface area contributed by atoms with Crippen LogP contribution in [0.25, 0.3) is 5.57 Å². The van der Waals surface area contributed by atoms with Crippen LogP contribution in [0.2, 0.25) is 10.0 Å². The summed E-state index contributed by atoms with van der Waals surface area (Å²) in [6.45, 7) is 2.08. The fraction of sp³-hybridized carbons (Fsp3) is 0.217. The molecule has 2 aromatic rings. The van der Waals surface area contributed by atoms with Crippen LogP contribution in [0.4, 0.5) is 5.69 Å². The van der Waals surface area contributed by atoms with Crippen LogP contribution in [0, 0.1) is 23.7 Å². The highest BCUT2D eigenvalue weighted by molar-refractivity contribution is 6.45. The predicted molar refractivity (Wildman–Crippen MR) is 111 cm³/mol. The van der Waals surface area contributed by atoms with Crippen LogP contribution in [0.5, 0.6) is 0 Å².